The van der Waals surface area contributed by atoms with Crippen LogP contribution in [-0.4, -0.2) is 16.8 Å². The largest absolute Gasteiger partial charge is 0.489 e. The third kappa shape index (κ3) is 7.92. The van der Waals surface area contributed by atoms with Crippen molar-refractivity contribution in [3.8, 4) is 5.75 Å². The van der Waals surface area contributed by atoms with E-state index in [1.807, 2.05) is 42.5 Å². The van der Waals surface area contributed by atoms with Gasteiger partial charge in [-0.2, -0.15) is 0 Å². The molecular weight excluding hydrogens is 414 g/mol. The van der Waals surface area contributed by atoms with Crippen LogP contribution in [0.5, 0.6) is 5.75 Å². The Labute approximate surface area is 194 Å². The highest BCUT2D eigenvalue weighted by Crippen LogP contribution is 2.22. The van der Waals surface area contributed by atoms with Gasteiger partial charge in [0.25, 0.3) is 0 Å². The van der Waals surface area contributed by atoms with Gasteiger partial charge in [-0.3, -0.25) is 9.59 Å². The number of nitrogens with one attached hydrogen (secondary N) is 2. The van der Waals surface area contributed by atoms with Crippen molar-refractivity contribution >= 4 is 29.5 Å². The zero-order chi connectivity index (χ0) is 23.5. The minimum atomic E-state index is -0.164. The maximum Gasteiger partial charge on any atom is 0.225 e. The van der Waals surface area contributed by atoms with Crippen molar-refractivity contribution in [1.82, 2.24) is 4.98 Å². The molecule has 0 spiro atoms. The van der Waals surface area contributed by atoms with Crippen LogP contribution in [0.15, 0.2) is 72.8 Å². The quantitative estimate of drug-likeness (QED) is 0.427. The van der Waals surface area contributed by atoms with Crippen LogP contribution in [0, 0.1) is 0 Å². The first kappa shape index (κ1) is 23.7. The second kappa shape index (κ2) is 12.2. The van der Waals surface area contributed by atoms with Gasteiger partial charge < -0.3 is 15.4 Å². The number of hydrogen-bond acceptors (Lipinski definition) is 4. The summed E-state index contributed by atoms with van der Waals surface area (Å²) in [7, 11) is 0. The predicted molar refractivity (Wildman–Crippen MR) is 132 cm³/mol. The van der Waals surface area contributed by atoms with Crippen LogP contribution in [0.2, 0.25) is 0 Å². The molecule has 6 heteroatoms. The van der Waals surface area contributed by atoms with Gasteiger partial charge in [0.2, 0.25) is 11.8 Å². The van der Waals surface area contributed by atoms with Crippen molar-refractivity contribution in [3.05, 3.63) is 89.5 Å². The number of carbonyl (C=O) groups excluding carboxylic acids is 2. The molecule has 0 saturated heterocycles. The van der Waals surface area contributed by atoms with Crippen LogP contribution < -0.4 is 15.4 Å². The molecule has 2 amide bonds. The number of benzene rings is 2. The summed E-state index contributed by atoms with van der Waals surface area (Å²) < 4.78 is 5.92. The first-order chi connectivity index (χ1) is 16.1. The third-order valence-corrected chi connectivity index (χ3v) is 4.87. The van der Waals surface area contributed by atoms with E-state index in [0.29, 0.717) is 36.8 Å². The standard InChI is InChI=1S/C27H29N3O3/c1-3-26(31)29-24-17-23(18-25(28-24)30-27(32)4-2)33-19-22-15-13-21(14-16-22)12-8-11-20-9-6-5-7-10-20/h5-10,12-18H,3-4,11,19H2,1-2H3,(H2,28,29,30,31,32)/b12-8+. The van der Waals surface area contributed by atoms with Crippen molar-refractivity contribution in [2.24, 2.45) is 0 Å². The average molecular weight is 444 g/mol. The second-order valence-corrected chi connectivity index (χ2v) is 7.50. The van der Waals surface area contributed by atoms with E-state index < -0.39 is 0 Å². The van der Waals surface area contributed by atoms with Crippen molar-refractivity contribution in [2.45, 2.75) is 39.7 Å². The SMILES string of the molecule is CCC(=O)Nc1cc(OCc2ccc(/C=C/Cc3ccccc3)cc2)cc(NC(=O)CC)n1. The summed E-state index contributed by atoms with van der Waals surface area (Å²) in [6.07, 6.45) is 5.80. The van der Waals surface area contributed by atoms with E-state index in [-0.39, 0.29) is 11.8 Å². The number of nitrogens with zero attached hydrogens (tertiary/aromatic N) is 1. The van der Waals surface area contributed by atoms with Crippen LogP contribution >= 0.6 is 0 Å². The molecule has 0 aliphatic heterocycles. The maximum absolute atomic E-state index is 11.8. The zero-order valence-corrected chi connectivity index (χ0v) is 19.0. The van der Waals surface area contributed by atoms with Gasteiger partial charge in [0.15, 0.2) is 0 Å². The molecule has 33 heavy (non-hydrogen) atoms. The predicted octanol–water partition coefficient (Wildman–Crippen LogP) is 5.61. The smallest absolute Gasteiger partial charge is 0.225 e. The number of hydrogen-bond donors (Lipinski definition) is 2. The minimum Gasteiger partial charge on any atom is -0.489 e. The summed E-state index contributed by atoms with van der Waals surface area (Å²) in [6, 6.07) is 21.8. The normalized spacial score (nSPS) is 10.7. The Bertz CT molecular complexity index is 1060. The second-order valence-electron chi connectivity index (χ2n) is 7.50. The maximum atomic E-state index is 11.8. The summed E-state index contributed by atoms with van der Waals surface area (Å²) in [5.74, 6) is 0.857. The third-order valence-electron chi connectivity index (χ3n) is 4.87. The highest BCUT2D eigenvalue weighted by Gasteiger charge is 2.09. The highest BCUT2D eigenvalue weighted by molar-refractivity contribution is 5.92. The molecule has 6 nitrogen and oxygen atoms in total. The number of pyridine rings is 1. The van der Waals surface area contributed by atoms with E-state index in [1.165, 1.54) is 5.56 Å². The molecule has 2 aromatic carbocycles. The van der Waals surface area contributed by atoms with E-state index in [4.69, 9.17) is 4.74 Å². The molecule has 0 aliphatic carbocycles. The lowest BCUT2D eigenvalue weighted by Crippen LogP contribution is -2.14. The van der Waals surface area contributed by atoms with Crippen LogP contribution in [0.1, 0.15) is 43.4 Å². The van der Waals surface area contributed by atoms with Crippen LogP contribution in [-0.2, 0) is 22.6 Å². The molecule has 1 heterocycles. The van der Waals surface area contributed by atoms with Gasteiger partial charge in [-0.1, -0.05) is 80.6 Å². The summed E-state index contributed by atoms with van der Waals surface area (Å²) in [5.41, 5.74) is 3.40. The van der Waals surface area contributed by atoms with Crippen LogP contribution in [0.3, 0.4) is 0 Å². The number of rotatable bonds is 10. The van der Waals surface area contributed by atoms with Gasteiger partial charge >= 0.3 is 0 Å². The Morgan fingerprint density at radius 1 is 0.848 bits per heavy atom. The number of anilines is 2. The molecule has 0 unspecified atom stereocenters. The summed E-state index contributed by atoms with van der Waals surface area (Å²) in [6.45, 7) is 3.87. The summed E-state index contributed by atoms with van der Waals surface area (Å²) in [5, 5.41) is 5.42. The fraction of sp³-hybridized carbons (Fsp3) is 0.222. The lowest BCUT2D eigenvalue weighted by atomic mass is 10.1. The highest BCUT2D eigenvalue weighted by atomic mass is 16.5. The Kier molecular flexibility index (Phi) is 8.77. The number of amides is 2. The monoisotopic (exact) mass is 443 g/mol. The van der Waals surface area contributed by atoms with Crippen molar-refractivity contribution in [3.63, 3.8) is 0 Å². The van der Waals surface area contributed by atoms with Crippen LogP contribution in [0.25, 0.3) is 6.08 Å². The van der Waals surface area contributed by atoms with Gasteiger partial charge in [0, 0.05) is 25.0 Å². The molecule has 0 saturated carbocycles. The van der Waals surface area contributed by atoms with E-state index in [9.17, 15) is 9.59 Å². The van der Waals surface area contributed by atoms with E-state index in [1.54, 1.807) is 26.0 Å². The Morgan fingerprint density at radius 3 is 2.03 bits per heavy atom. The molecule has 0 atom stereocenters. The molecule has 2 N–H and O–H groups in total. The van der Waals surface area contributed by atoms with E-state index in [0.717, 1.165) is 17.5 Å². The summed E-state index contributed by atoms with van der Waals surface area (Å²) >= 11 is 0. The molecule has 0 fully saturated rings. The van der Waals surface area contributed by atoms with Crippen LogP contribution in [0.4, 0.5) is 11.6 Å². The number of ether oxygens (including phenoxy) is 1. The molecule has 0 aliphatic rings. The van der Waals surface area contributed by atoms with Crippen molar-refractivity contribution in [2.75, 3.05) is 10.6 Å². The fourth-order valence-electron chi connectivity index (χ4n) is 3.02. The van der Waals surface area contributed by atoms with Gasteiger partial charge in [0.1, 0.15) is 24.0 Å². The van der Waals surface area contributed by atoms with Gasteiger partial charge in [-0.15, -0.1) is 0 Å². The molecule has 1 aromatic heterocycles. The average Bonchev–Trinajstić information content (AvgIpc) is 2.84. The number of aromatic nitrogens is 1. The van der Waals surface area contributed by atoms with E-state index in [2.05, 4.69) is 39.9 Å². The molecule has 0 radical (unpaired) electrons. The van der Waals surface area contributed by atoms with Crippen molar-refractivity contribution < 1.29 is 14.3 Å². The molecule has 170 valence electrons. The number of carbonyl (C=O) groups is 2. The van der Waals surface area contributed by atoms with Crippen molar-refractivity contribution in [1.29, 1.82) is 0 Å². The molecular formula is C27H29N3O3. The molecule has 3 rings (SSSR count). The zero-order valence-electron chi connectivity index (χ0n) is 19.0. The van der Waals surface area contributed by atoms with Gasteiger partial charge in [-0.05, 0) is 23.1 Å². The Hall–Kier alpha value is -3.93. The minimum absolute atomic E-state index is 0.164. The van der Waals surface area contributed by atoms with Gasteiger partial charge in [0.05, 0.1) is 0 Å². The number of allylic oxidation sites excluding steroid dienone is 1. The summed E-state index contributed by atoms with van der Waals surface area (Å²) in [4.78, 5) is 27.8. The van der Waals surface area contributed by atoms with Gasteiger partial charge in [-0.25, -0.2) is 4.98 Å². The van der Waals surface area contributed by atoms with E-state index >= 15 is 0 Å². The topological polar surface area (TPSA) is 80.3 Å². The lowest BCUT2D eigenvalue weighted by molar-refractivity contribution is -0.116. The first-order valence-electron chi connectivity index (χ1n) is 11.1. The Morgan fingerprint density at radius 2 is 1.45 bits per heavy atom. The fourth-order valence-corrected chi connectivity index (χ4v) is 3.02. The molecule has 0 bridgehead atoms. The molecule has 3 aromatic rings. The lowest BCUT2D eigenvalue weighted by Gasteiger charge is -2.12. The first-order valence-corrected chi connectivity index (χ1v) is 11.1. The Balaban J connectivity index is 1.62.